The number of benzene rings is 1. The van der Waals surface area contributed by atoms with E-state index in [2.05, 4.69) is 48.1 Å². The Labute approximate surface area is 161 Å². The minimum absolute atomic E-state index is 0. The van der Waals surface area contributed by atoms with Crippen LogP contribution in [-0.4, -0.2) is 48.6 Å². The van der Waals surface area contributed by atoms with Crippen LogP contribution in [-0.2, 0) is 6.54 Å². The van der Waals surface area contributed by atoms with Crippen molar-refractivity contribution in [3.8, 4) is 5.75 Å². The summed E-state index contributed by atoms with van der Waals surface area (Å²) in [6.45, 7) is 9.52. The van der Waals surface area contributed by atoms with Gasteiger partial charge in [0, 0.05) is 37.2 Å². The van der Waals surface area contributed by atoms with E-state index >= 15 is 0 Å². The van der Waals surface area contributed by atoms with Crippen LogP contribution in [0.25, 0.3) is 0 Å². The molecule has 0 amide bonds. The first-order chi connectivity index (χ1) is 10.4. The molecule has 0 saturated carbocycles. The maximum Gasteiger partial charge on any atom is 0.193 e. The van der Waals surface area contributed by atoms with Gasteiger partial charge in [0.15, 0.2) is 5.96 Å². The molecule has 1 aromatic rings. The third-order valence-electron chi connectivity index (χ3n) is 3.85. The standard InChI is InChI=1S/C17H27N3OS.HI/c1-13-10-14(6-7-15(13)21-5)11-19-16(18-4)20-8-9-22-17(2,3)12-20;/h6-7,10H,8-9,11-12H2,1-5H3,(H,18,19);1H. The zero-order valence-corrected chi connectivity index (χ0v) is 17.8. The molecule has 0 bridgehead atoms. The quantitative estimate of drug-likeness (QED) is 0.435. The Morgan fingerprint density at radius 3 is 2.74 bits per heavy atom. The van der Waals surface area contributed by atoms with Gasteiger partial charge in [-0.3, -0.25) is 4.99 Å². The highest BCUT2D eigenvalue weighted by atomic mass is 127. The molecule has 1 heterocycles. The van der Waals surface area contributed by atoms with Gasteiger partial charge < -0.3 is 15.0 Å². The monoisotopic (exact) mass is 449 g/mol. The number of rotatable bonds is 3. The topological polar surface area (TPSA) is 36.9 Å². The van der Waals surface area contributed by atoms with E-state index in [0.717, 1.165) is 42.7 Å². The second-order valence-electron chi connectivity index (χ2n) is 6.23. The Morgan fingerprint density at radius 1 is 1.43 bits per heavy atom. The van der Waals surface area contributed by atoms with Crippen LogP contribution >= 0.6 is 35.7 Å². The molecule has 0 atom stereocenters. The molecular formula is C17H28IN3OS. The lowest BCUT2D eigenvalue weighted by atomic mass is 10.1. The second-order valence-corrected chi connectivity index (χ2v) is 8.04. The lowest BCUT2D eigenvalue weighted by Gasteiger charge is -2.39. The largest absolute Gasteiger partial charge is 0.496 e. The number of nitrogens with one attached hydrogen (secondary N) is 1. The highest BCUT2D eigenvalue weighted by molar-refractivity contribution is 14.0. The predicted molar refractivity (Wildman–Crippen MR) is 111 cm³/mol. The molecule has 1 aliphatic rings. The molecule has 4 nitrogen and oxygen atoms in total. The molecule has 1 aromatic carbocycles. The fraction of sp³-hybridized carbons (Fsp3) is 0.588. The number of nitrogens with zero attached hydrogens (tertiary/aromatic N) is 2. The second kappa shape index (κ2) is 9.01. The molecule has 1 fully saturated rings. The zero-order valence-electron chi connectivity index (χ0n) is 14.7. The molecule has 0 aliphatic carbocycles. The van der Waals surface area contributed by atoms with E-state index in [1.165, 1.54) is 5.56 Å². The number of aryl methyl sites for hydroxylation is 1. The fourth-order valence-corrected chi connectivity index (χ4v) is 3.87. The van der Waals surface area contributed by atoms with Crippen LogP contribution < -0.4 is 10.1 Å². The van der Waals surface area contributed by atoms with Crippen molar-refractivity contribution in [1.82, 2.24) is 10.2 Å². The normalized spacial score (nSPS) is 17.4. The maximum absolute atomic E-state index is 5.31. The van der Waals surface area contributed by atoms with Crippen LogP contribution in [0.2, 0.25) is 0 Å². The first-order valence-electron chi connectivity index (χ1n) is 7.68. The summed E-state index contributed by atoms with van der Waals surface area (Å²) in [6.07, 6.45) is 0. The Balaban J connectivity index is 0.00000264. The summed E-state index contributed by atoms with van der Waals surface area (Å²) in [6, 6.07) is 6.28. The predicted octanol–water partition coefficient (Wildman–Crippen LogP) is 3.52. The smallest absolute Gasteiger partial charge is 0.193 e. The van der Waals surface area contributed by atoms with Crippen LogP contribution in [0.1, 0.15) is 25.0 Å². The third kappa shape index (κ3) is 5.74. The van der Waals surface area contributed by atoms with Crippen molar-refractivity contribution in [2.24, 2.45) is 4.99 Å². The number of hydrogen-bond acceptors (Lipinski definition) is 3. The van der Waals surface area contributed by atoms with Gasteiger partial charge in [0.25, 0.3) is 0 Å². The summed E-state index contributed by atoms with van der Waals surface area (Å²) in [7, 11) is 3.56. The molecule has 2 rings (SSSR count). The van der Waals surface area contributed by atoms with Gasteiger partial charge in [-0.25, -0.2) is 0 Å². The average molecular weight is 449 g/mol. The molecule has 0 aromatic heterocycles. The van der Waals surface area contributed by atoms with Crippen LogP contribution in [0, 0.1) is 6.92 Å². The number of aliphatic imine (C=N–C) groups is 1. The van der Waals surface area contributed by atoms with E-state index in [4.69, 9.17) is 4.74 Å². The number of guanidine groups is 1. The van der Waals surface area contributed by atoms with Gasteiger partial charge in [-0.1, -0.05) is 12.1 Å². The third-order valence-corrected chi connectivity index (χ3v) is 5.14. The van der Waals surface area contributed by atoms with E-state index < -0.39 is 0 Å². The van der Waals surface area contributed by atoms with Crippen molar-refractivity contribution < 1.29 is 4.74 Å². The van der Waals surface area contributed by atoms with Crippen LogP contribution in [0.15, 0.2) is 23.2 Å². The van der Waals surface area contributed by atoms with E-state index in [1.54, 1.807) is 7.11 Å². The average Bonchev–Trinajstić information content (AvgIpc) is 2.47. The molecule has 1 saturated heterocycles. The lowest BCUT2D eigenvalue weighted by Crippen LogP contribution is -2.50. The van der Waals surface area contributed by atoms with Crippen LogP contribution in [0.3, 0.4) is 0 Å². The molecule has 0 radical (unpaired) electrons. The summed E-state index contributed by atoms with van der Waals surface area (Å²) in [5, 5.41) is 3.48. The molecule has 6 heteroatoms. The summed E-state index contributed by atoms with van der Waals surface area (Å²) in [4.78, 5) is 6.80. The molecular weight excluding hydrogens is 421 g/mol. The SMILES string of the molecule is CN=C(NCc1ccc(OC)c(C)c1)N1CCSC(C)(C)C1.I. The first kappa shape index (κ1) is 20.4. The van der Waals surface area contributed by atoms with Gasteiger partial charge in [0.2, 0.25) is 0 Å². The highest BCUT2D eigenvalue weighted by Gasteiger charge is 2.28. The maximum atomic E-state index is 5.31. The molecule has 1 aliphatic heterocycles. The van der Waals surface area contributed by atoms with Gasteiger partial charge in [0.1, 0.15) is 5.75 Å². The number of ether oxygens (including phenoxy) is 1. The van der Waals surface area contributed by atoms with E-state index in [0.29, 0.717) is 0 Å². The summed E-state index contributed by atoms with van der Waals surface area (Å²) in [5.74, 6) is 3.07. The van der Waals surface area contributed by atoms with Crippen molar-refractivity contribution >= 4 is 41.7 Å². The van der Waals surface area contributed by atoms with Crippen molar-refractivity contribution in [2.45, 2.75) is 32.1 Å². The Hall–Kier alpha value is -0.630. The number of hydrogen-bond donors (Lipinski definition) is 1. The molecule has 0 spiro atoms. The molecule has 0 unspecified atom stereocenters. The van der Waals surface area contributed by atoms with Crippen molar-refractivity contribution in [2.75, 3.05) is 33.0 Å². The fourth-order valence-electron chi connectivity index (χ4n) is 2.76. The molecule has 130 valence electrons. The molecule has 23 heavy (non-hydrogen) atoms. The Morgan fingerprint density at radius 2 is 2.17 bits per heavy atom. The summed E-state index contributed by atoms with van der Waals surface area (Å²) < 4.78 is 5.59. The minimum atomic E-state index is 0. The van der Waals surface area contributed by atoms with Crippen molar-refractivity contribution in [3.05, 3.63) is 29.3 Å². The minimum Gasteiger partial charge on any atom is -0.496 e. The molecule has 1 N–H and O–H groups in total. The Bertz CT molecular complexity index is 549. The van der Waals surface area contributed by atoms with Gasteiger partial charge >= 0.3 is 0 Å². The van der Waals surface area contributed by atoms with E-state index in [-0.39, 0.29) is 28.7 Å². The van der Waals surface area contributed by atoms with Crippen molar-refractivity contribution in [3.63, 3.8) is 0 Å². The zero-order chi connectivity index (χ0) is 16.2. The highest BCUT2D eigenvalue weighted by Crippen LogP contribution is 2.29. The van der Waals surface area contributed by atoms with Gasteiger partial charge in [-0.15, -0.1) is 24.0 Å². The summed E-state index contributed by atoms with van der Waals surface area (Å²) >= 11 is 2.03. The van der Waals surface area contributed by atoms with Crippen LogP contribution in [0.4, 0.5) is 0 Å². The van der Waals surface area contributed by atoms with Gasteiger partial charge in [0.05, 0.1) is 7.11 Å². The number of halogens is 1. The lowest BCUT2D eigenvalue weighted by molar-refractivity contribution is 0.375. The summed E-state index contributed by atoms with van der Waals surface area (Å²) in [5.41, 5.74) is 2.40. The Kier molecular flexibility index (Phi) is 8.00. The number of thioether (sulfide) groups is 1. The van der Waals surface area contributed by atoms with E-state index in [9.17, 15) is 0 Å². The first-order valence-corrected chi connectivity index (χ1v) is 8.67. The van der Waals surface area contributed by atoms with Crippen molar-refractivity contribution in [1.29, 1.82) is 0 Å². The van der Waals surface area contributed by atoms with Gasteiger partial charge in [-0.2, -0.15) is 11.8 Å². The van der Waals surface area contributed by atoms with Gasteiger partial charge in [-0.05, 0) is 38.0 Å². The van der Waals surface area contributed by atoms with Crippen LogP contribution in [0.5, 0.6) is 5.75 Å². The number of methoxy groups -OCH3 is 1. The van der Waals surface area contributed by atoms with E-state index in [1.807, 2.05) is 24.9 Å².